The Morgan fingerprint density at radius 3 is 3.00 bits per heavy atom. The van der Waals surface area contributed by atoms with Crippen LogP contribution in [0.3, 0.4) is 0 Å². The number of nitrogens with two attached hydrogens (primary N) is 1. The largest absolute Gasteiger partial charge is 0.400 e. The normalized spacial score (nSPS) is 21.5. The third kappa shape index (κ3) is 3.77. The monoisotopic (exact) mass is 309 g/mol. The highest BCUT2D eigenvalue weighted by Crippen LogP contribution is 2.19. The number of nitrogens with zero attached hydrogens (tertiary/aromatic N) is 2. The maximum atomic E-state index is 11.6. The second-order valence-electron chi connectivity index (χ2n) is 5.24. The molecule has 0 aromatic carbocycles. The number of nitrogens with one attached hydrogen (secondary N) is 2. The smallest absolute Gasteiger partial charge is 0.224 e. The maximum Gasteiger partial charge on any atom is 0.224 e. The fourth-order valence-electron chi connectivity index (χ4n) is 2.45. The fourth-order valence-corrected chi connectivity index (χ4v) is 2.45. The van der Waals surface area contributed by atoms with Gasteiger partial charge in [-0.2, -0.15) is 0 Å². The molecule has 2 rings (SSSR count). The van der Waals surface area contributed by atoms with Crippen molar-refractivity contribution in [2.24, 2.45) is 5.73 Å². The molecule has 5 N–H and O–H groups in total. The van der Waals surface area contributed by atoms with Gasteiger partial charge in [-0.1, -0.05) is 6.08 Å². The Hall–Kier alpha value is -2.06. The zero-order valence-electron chi connectivity index (χ0n) is 12.7. The molecule has 1 saturated heterocycles. The van der Waals surface area contributed by atoms with Crippen LogP contribution in [-0.4, -0.2) is 46.8 Å². The summed E-state index contributed by atoms with van der Waals surface area (Å²) in [6.07, 6.45) is 5.74. The van der Waals surface area contributed by atoms with Crippen molar-refractivity contribution >= 4 is 11.8 Å². The molecule has 1 heterocycles. The number of likely N-dealkylation sites (tertiary alicyclic amines) is 1. The number of allylic oxidation sites excluding steroid dienone is 3. The predicted molar refractivity (Wildman–Crippen MR) is 80.9 cm³/mol. The summed E-state index contributed by atoms with van der Waals surface area (Å²) in [5.74, 6) is -0.103. The van der Waals surface area contributed by atoms with Crippen LogP contribution in [0.1, 0.15) is 32.1 Å². The van der Waals surface area contributed by atoms with Crippen LogP contribution in [0.15, 0.2) is 23.5 Å². The van der Waals surface area contributed by atoms with Gasteiger partial charge in [0.2, 0.25) is 11.8 Å². The molecule has 2 aliphatic rings. The zero-order valence-corrected chi connectivity index (χ0v) is 12.7. The number of hydroxylamine groups is 1. The third-order valence-corrected chi connectivity index (χ3v) is 3.68. The average molecular weight is 309 g/mol. The van der Waals surface area contributed by atoms with Crippen LogP contribution in [0, 0.1) is 5.41 Å². The molecule has 0 bridgehead atoms. The summed E-state index contributed by atoms with van der Waals surface area (Å²) in [6.45, 7) is 0.265. The van der Waals surface area contributed by atoms with E-state index >= 15 is 0 Å². The van der Waals surface area contributed by atoms with Gasteiger partial charge in [-0.3, -0.25) is 10.2 Å². The third-order valence-electron chi connectivity index (χ3n) is 3.68. The van der Waals surface area contributed by atoms with E-state index in [0.717, 1.165) is 12.8 Å². The van der Waals surface area contributed by atoms with Crippen LogP contribution in [0.25, 0.3) is 0 Å². The Kier molecular flexibility index (Phi) is 5.40. The SMILES string of the molecule is CNN(OC(=N)CCN1C(=O)CCC1O)C1=C(N)CCC=C1. The van der Waals surface area contributed by atoms with Gasteiger partial charge in [-0.05, 0) is 18.9 Å². The van der Waals surface area contributed by atoms with Crippen LogP contribution in [0.4, 0.5) is 0 Å². The predicted octanol–water partition coefficient (Wildman–Crippen LogP) is 0.183. The van der Waals surface area contributed by atoms with E-state index in [1.165, 1.54) is 10.1 Å². The second-order valence-corrected chi connectivity index (χ2v) is 5.24. The topological polar surface area (TPSA) is 115 Å². The number of hydrogen-bond donors (Lipinski definition) is 4. The van der Waals surface area contributed by atoms with Crippen LogP contribution < -0.4 is 11.2 Å². The number of amides is 1. The summed E-state index contributed by atoms with van der Waals surface area (Å²) in [4.78, 5) is 18.4. The molecular weight excluding hydrogens is 286 g/mol. The average Bonchev–Trinajstić information content (AvgIpc) is 2.82. The fraction of sp³-hybridized carbons (Fsp3) is 0.571. The molecule has 0 radical (unpaired) electrons. The van der Waals surface area contributed by atoms with E-state index in [1.807, 2.05) is 12.2 Å². The first-order valence-corrected chi connectivity index (χ1v) is 7.38. The Morgan fingerprint density at radius 1 is 1.64 bits per heavy atom. The first-order valence-electron chi connectivity index (χ1n) is 7.38. The van der Waals surface area contributed by atoms with Gasteiger partial charge in [-0.15, -0.1) is 5.17 Å². The minimum Gasteiger partial charge on any atom is -0.400 e. The molecule has 122 valence electrons. The Morgan fingerprint density at radius 2 is 2.41 bits per heavy atom. The highest BCUT2D eigenvalue weighted by atomic mass is 16.7. The van der Waals surface area contributed by atoms with Crippen molar-refractivity contribution in [3.63, 3.8) is 0 Å². The van der Waals surface area contributed by atoms with Crippen LogP contribution in [0.5, 0.6) is 0 Å². The molecule has 1 fully saturated rings. The van der Waals surface area contributed by atoms with Crippen molar-refractivity contribution in [2.45, 2.75) is 38.3 Å². The van der Waals surface area contributed by atoms with E-state index in [-0.39, 0.29) is 24.8 Å². The molecular formula is C14H23N5O3. The lowest BCUT2D eigenvalue weighted by Gasteiger charge is -2.27. The number of aliphatic hydroxyl groups excluding tert-OH is 1. The number of hydrogen-bond acceptors (Lipinski definition) is 7. The van der Waals surface area contributed by atoms with Crippen LogP contribution >= 0.6 is 0 Å². The summed E-state index contributed by atoms with van der Waals surface area (Å²) in [5, 5.41) is 18.9. The van der Waals surface area contributed by atoms with Gasteiger partial charge in [0.05, 0.1) is 0 Å². The van der Waals surface area contributed by atoms with Crippen molar-refractivity contribution in [3.05, 3.63) is 23.5 Å². The van der Waals surface area contributed by atoms with Crippen molar-refractivity contribution < 1.29 is 14.7 Å². The lowest BCUT2D eigenvalue weighted by Crippen LogP contribution is -2.39. The van der Waals surface area contributed by atoms with Gasteiger partial charge in [0.1, 0.15) is 11.9 Å². The number of hydrazine groups is 1. The Balaban J connectivity index is 1.87. The van der Waals surface area contributed by atoms with E-state index in [2.05, 4.69) is 5.43 Å². The van der Waals surface area contributed by atoms with Gasteiger partial charge >= 0.3 is 0 Å². The zero-order chi connectivity index (χ0) is 16.1. The minimum atomic E-state index is -0.750. The van der Waals surface area contributed by atoms with Crippen molar-refractivity contribution in [2.75, 3.05) is 13.6 Å². The number of carbonyl (C=O) groups excluding carboxylic acids is 1. The summed E-state index contributed by atoms with van der Waals surface area (Å²) in [7, 11) is 1.67. The Labute approximate surface area is 129 Å². The van der Waals surface area contributed by atoms with Gasteiger partial charge in [0, 0.05) is 38.6 Å². The molecule has 0 saturated carbocycles. The second kappa shape index (κ2) is 7.28. The molecule has 0 aromatic heterocycles. The maximum absolute atomic E-state index is 11.6. The molecule has 1 atom stereocenters. The molecule has 0 spiro atoms. The van der Waals surface area contributed by atoms with E-state index in [9.17, 15) is 9.90 Å². The standard InChI is InChI=1S/C14H23N5O3/c1-17-19(11-5-3-2-4-10(11)15)22-12(16)8-9-18-13(20)6-7-14(18)21/h3,5,13,16-17,20H,2,4,6-9,15H2,1H3. The first-order chi connectivity index (χ1) is 10.5. The van der Waals surface area contributed by atoms with E-state index in [4.69, 9.17) is 16.0 Å². The van der Waals surface area contributed by atoms with Gasteiger partial charge in [0.15, 0.2) is 0 Å². The molecule has 1 aliphatic carbocycles. The van der Waals surface area contributed by atoms with E-state index < -0.39 is 6.23 Å². The van der Waals surface area contributed by atoms with Crippen molar-refractivity contribution in [1.29, 1.82) is 5.41 Å². The molecule has 8 nitrogen and oxygen atoms in total. The van der Waals surface area contributed by atoms with Crippen LogP contribution in [0.2, 0.25) is 0 Å². The van der Waals surface area contributed by atoms with Gasteiger partial charge in [-0.25, -0.2) is 5.43 Å². The van der Waals surface area contributed by atoms with Crippen molar-refractivity contribution in [1.82, 2.24) is 15.5 Å². The molecule has 1 aliphatic heterocycles. The quantitative estimate of drug-likeness (QED) is 0.316. The molecule has 1 amide bonds. The van der Waals surface area contributed by atoms with Crippen LogP contribution in [-0.2, 0) is 9.63 Å². The van der Waals surface area contributed by atoms with Gasteiger partial charge in [0.25, 0.3) is 0 Å². The lowest BCUT2D eigenvalue weighted by molar-refractivity contribution is -0.133. The summed E-state index contributed by atoms with van der Waals surface area (Å²) >= 11 is 0. The number of aliphatic hydroxyl groups is 1. The van der Waals surface area contributed by atoms with Gasteiger partial charge < -0.3 is 20.6 Å². The number of rotatable bonds is 6. The molecule has 8 heteroatoms. The molecule has 1 unspecified atom stereocenters. The van der Waals surface area contributed by atoms with E-state index in [1.54, 1.807) is 7.05 Å². The first kappa shape index (κ1) is 16.3. The highest BCUT2D eigenvalue weighted by Gasteiger charge is 2.29. The van der Waals surface area contributed by atoms with Crippen molar-refractivity contribution in [3.8, 4) is 0 Å². The summed E-state index contributed by atoms with van der Waals surface area (Å²) in [6, 6.07) is 0. The highest BCUT2D eigenvalue weighted by molar-refractivity contribution is 5.79. The Bertz CT molecular complexity index is 503. The minimum absolute atomic E-state index is 0.0134. The summed E-state index contributed by atoms with van der Waals surface area (Å²) in [5.41, 5.74) is 10.1. The molecule has 0 aromatic rings. The lowest BCUT2D eigenvalue weighted by atomic mass is 10.1. The number of carbonyl (C=O) groups is 1. The molecule has 22 heavy (non-hydrogen) atoms. The summed E-state index contributed by atoms with van der Waals surface area (Å²) < 4.78 is 0. The van der Waals surface area contributed by atoms with E-state index in [0.29, 0.717) is 24.2 Å².